The van der Waals surface area contributed by atoms with Crippen molar-refractivity contribution in [1.82, 2.24) is 4.90 Å². The number of rotatable bonds is 6. The number of carbonyl (C=O) groups is 1. The first-order chi connectivity index (χ1) is 8.67. The van der Waals surface area contributed by atoms with Crippen LogP contribution in [0.5, 0.6) is 0 Å². The molecule has 0 atom stereocenters. The molecule has 0 aliphatic rings. The molecule has 0 fully saturated rings. The van der Waals surface area contributed by atoms with Crippen molar-refractivity contribution >= 4 is 11.6 Å². The van der Waals surface area contributed by atoms with Gasteiger partial charge in [0.15, 0.2) is 0 Å². The topological polar surface area (TPSA) is 56.1 Å². The summed E-state index contributed by atoms with van der Waals surface area (Å²) >= 11 is 0. The van der Waals surface area contributed by atoms with Crippen LogP contribution in [0.3, 0.4) is 0 Å². The Morgan fingerprint density at radius 3 is 2.78 bits per heavy atom. The molecular weight excluding hydrogens is 226 g/mol. The molecule has 0 heterocycles. The summed E-state index contributed by atoms with van der Waals surface area (Å²) in [5.74, 6) is -0.0379. The summed E-state index contributed by atoms with van der Waals surface area (Å²) in [4.78, 5) is 13.8. The third-order valence-electron chi connectivity index (χ3n) is 2.77. The number of para-hydroxylation sites is 1. The molecule has 0 saturated carbocycles. The molecule has 1 amide bonds. The van der Waals surface area contributed by atoms with Crippen LogP contribution in [0.25, 0.3) is 0 Å². The number of carbonyl (C=O) groups excluding carboxylic acids is 1. The van der Waals surface area contributed by atoms with Gasteiger partial charge in [-0.2, -0.15) is 5.26 Å². The van der Waals surface area contributed by atoms with Gasteiger partial charge in [0.1, 0.15) is 0 Å². The van der Waals surface area contributed by atoms with E-state index in [2.05, 4.69) is 11.4 Å². The summed E-state index contributed by atoms with van der Waals surface area (Å²) in [6.45, 7) is 5.67. The third kappa shape index (κ3) is 4.56. The van der Waals surface area contributed by atoms with Gasteiger partial charge in [0, 0.05) is 18.7 Å². The SMILES string of the molecule is CCN(CCC#N)CC(=O)Nc1ccccc1C. The lowest BCUT2D eigenvalue weighted by Gasteiger charge is -2.18. The minimum Gasteiger partial charge on any atom is -0.325 e. The Hall–Kier alpha value is -1.86. The normalized spacial score (nSPS) is 10.1. The third-order valence-corrected chi connectivity index (χ3v) is 2.77. The molecule has 0 aromatic heterocycles. The summed E-state index contributed by atoms with van der Waals surface area (Å²) < 4.78 is 0. The van der Waals surface area contributed by atoms with E-state index < -0.39 is 0 Å². The van der Waals surface area contributed by atoms with Crippen molar-refractivity contribution < 1.29 is 4.79 Å². The van der Waals surface area contributed by atoms with Gasteiger partial charge in [-0.1, -0.05) is 25.1 Å². The van der Waals surface area contributed by atoms with E-state index >= 15 is 0 Å². The highest BCUT2D eigenvalue weighted by molar-refractivity contribution is 5.92. The van der Waals surface area contributed by atoms with Crippen LogP contribution in [0.2, 0.25) is 0 Å². The molecule has 0 saturated heterocycles. The standard InChI is InChI=1S/C14H19N3O/c1-3-17(10-6-9-15)11-14(18)16-13-8-5-4-7-12(13)2/h4-5,7-8H,3,6,10-11H2,1-2H3,(H,16,18). The van der Waals surface area contributed by atoms with Crippen LogP contribution in [0.15, 0.2) is 24.3 Å². The van der Waals surface area contributed by atoms with Gasteiger partial charge in [-0.3, -0.25) is 9.69 Å². The van der Waals surface area contributed by atoms with Crippen molar-refractivity contribution in [2.24, 2.45) is 0 Å². The average molecular weight is 245 g/mol. The van der Waals surface area contributed by atoms with Crippen LogP contribution >= 0.6 is 0 Å². The zero-order chi connectivity index (χ0) is 13.4. The number of amides is 1. The highest BCUT2D eigenvalue weighted by Crippen LogP contribution is 2.12. The highest BCUT2D eigenvalue weighted by atomic mass is 16.2. The first-order valence-corrected chi connectivity index (χ1v) is 6.12. The zero-order valence-corrected chi connectivity index (χ0v) is 10.9. The number of anilines is 1. The van der Waals surface area contributed by atoms with Crippen LogP contribution < -0.4 is 5.32 Å². The maximum absolute atomic E-state index is 11.9. The first-order valence-electron chi connectivity index (χ1n) is 6.12. The van der Waals surface area contributed by atoms with E-state index in [0.29, 0.717) is 19.5 Å². The van der Waals surface area contributed by atoms with Gasteiger partial charge in [-0.05, 0) is 25.1 Å². The van der Waals surface area contributed by atoms with Gasteiger partial charge in [0.25, 0.3) is 0 Å². The Morgan fingerprint density at radius 2 is 2.17 bits per heavy atom. The van der Waals surface area contributed by atoms with E-state index in [-0.39, 0.29) is 5.91 Å². The molecule has 0 bridgehead atoms. The van der Waals surface area contributed by atoms with Crippen molar-refractivity contribution in [2.45, 2.75) is 20.3 Å². The molecule has 4 nitrogen and oxygen atoms in total. The lowest BCUT2D eigenvalue weighted by Crippen LogP contribution is -2.33. The second-order valence-corrected chi connectivity index (χ2v) is 4.14. The molecule has 0 aliphatic carbocycles. The summed E-state index contributed by atoms with van der Waals surface area (Å²) in [7, 11) is 0. The Balaban J connectivity index is 2.51. The monoisotopic (exact) mass is 245 g/mol. The van der Waals surface area contributed by atoms with Crippen molar-refractivity contribution in [3.63, 3.8) is 0 Å². The maximum atomic E-state index is 11.9. The second kappa shape index (κ2) is 7.46. The Morgan fingerprint density at radius 1 is 1.44 bits per heavy atom. The minimum atomic E-state index is -0.0379. The smallest absolute Gasteiger partial charge is 0.238 e. The molecule has 4 heteroatoms. The largest absolute Gasteiger partial charge is 0.325 e. The Bertz CT molecular complexity index is 437. The van der Waals surface area contributed by atoms with Crippen LogP contribution in [-0.4, -0.2) is 30.4 Å². The zero-order valence-electron chi connectivity index (χ0n) is 10.9. The fourth-order valence-electron chi connectivity index (χ4n) is 1.66. The fourth-order valence-corrected chi connectivity index (χ4v) is 1.66. The molecule has 1 aromatic rings. The average Bonchev–Trinajstić information content (AvgIpc) is 2.37. The first kappa shape index (κ1) is 14.2. The van der Waals surface area contributed by atoms with Gasteiger partial charge in [0.2, 0.25) is 5.91 Å². The van der Waals surface area contributed by atoms with Crippen LogP contribution in [0.4, 0.5) is 5.69 Å². The van der Waals surface area contributed by atoms with Gasteiger partial charge < -0.3 is 5.32 Å². The maximum Gasteiger partial charge on any atom is 0.238 e. The van der Waals surface area contributed by atoms with E-state index in [9.17, 15) is 4.79 Å². The molecular formula is C14H19N3O. The number of nitrogens with one attached hydrogen (secondary N) is 1. The number of benzene rings is 1. The number of likely N-dealkylation sites (N-methyl/N-ethyl adjacent to an activating group) is 1. The van der Waals surface area contributed by atoms with Crippen molar-refractivity contribution in [2.75, 3.05) is 25.0 Å². The van der Waals surface area contributed by atoms with Crippen molar-refractivity contribution in [3.8, 4) is 6.07 Å². The highest BCUT2D eigenvalue weighted by Gasteiger charge is 2.09. The Labute approximate surface area is 108 Å². The molecule has 18 heavy (non-hydrogen) atoms. The predicted octanol–water partition coefficient (Wildman–Crippen LogP) is 2.17. The van der Waals surface area contributed by atoms with Crippen LogP contribution in [0.1, 0.15) is 18.9 Å². The predicted molar refractivity (Wildman–Crippen MR) is 72.2 cm³/mol. The summed E-state index contributed by atoms with van der Waals surface area (Å²) in [5.41, 5.74) is 1.89. The molecule has 0 spiro atoms. The van der Waals surface area contributed by atoms with E-state index in [4.69, 9.17) is 5.26 Å². The summed E-state index contributed by atoms with van der Waals surface area (Å²) in [5, 5.41) is 11.4. The Kier molecular flexibility index (Phi) is 5.89. The number of hydrogen-bond donors (Lipinski definition) is 1. The minimum absolute atomic E-state index is 0.0379. The van der Waals surface area contributed by atoms with Crippen molar-refractivity contribution in [1.29, 1.82) is 5.26 Å². The molecule has 1 rings (SSSR count). The van der Waals surface area contributed by atoms with E-state index in [1.165, 1.54) is 0 Å². The molecule has 96 valence electrons. The quantitative estimate of drug-likeness (QED) is 0.835. The van der Waals surface area contributed by atoms with E-state index in [0.717, 1.165) is 17.8 Å². The number of nitriles is 1. The lowest BCUT2D eigenvalue weighted by molar-refractivity contribution is -0.117. The number of hydrogen-bond acceptors (Lipinski definition) is 3. The molecule has 1 aromatic carbocycles. The number of nitrogens with zero attached hydrogens (tertiary/aromatic N) is 2. The molecule has 1 N–H and O–H groups in total. The van der Waals surface area contributed by atoms with Crippen LogP contribution in [-0.2, 0) is 4.79 Å². The van der Waals surface area contributed by atoms with E-state index in [1.807, 2.05) is 43.0 Å². The summed E-state index contributed by atoms with van der Waals surface area (Å²) in [6, 6.07) is 9.78. The lowest BCUT2D eigenvalue weighted by atomic mass is 10.2. The fraction of sp³-hybridized carbons (Fsp3) is 0.429. The summed E-state index contributed by atoms with van der Waals surface area (Å²) in [6.07, 6.45) is 0.450. The molecule has 0 radical (unpaired) electrons. The van der Waals surface area contributed by atoms with Gasteiger partial charge >= 0.3 is 0 Å². The van der Waals surface area contributed by atoms with Gasteiger partial charge in [0.05, 0.1) is 12.6 Å². The molecule has 0 unspecified atom stereocenters. The van der Waals surface area contributed by atoms with Crippen LogP contribution in [0, 0.1) is 18.3 Å². The van der Waals surface area contributed by atoms with Gasteiger partial charge in [-0.15, -0.1) is 0 Å². The van der Waals surface area contributed by atoms with Gasteiger partial charge in [-0.25, -0.2) is 0 Å². The van der Waals surface area contributed by atoms with Crippen molar-refractivity contribution in [3.05, 3.63) is 29.8 Å². The second-order valence-electron chi connectivity index (χ2n) is 4.14. The van der Waals surface area contributed by atoms with E-state index in [1.54, 1.807) is 0 Å². The molecule has 0 aliphatic heterocycles. The number of aryl methyl sites for hydroxylation is 1.